The van der Waals surface area contributed by atoms with Gasteiger partial charge in [-0.3, -0.25) is 0 Å². The van der Waals surface area contributed by atoms with Crippen LogP contribution in [-0.4, -0.2) is 10.9 Å². The van der Waals surface area contributed by atoms with E-state index >= 15 is 0 Å². The van der Waals surface area contributed by atoms with Gasteiger partial charge in [-0.2, -0.15) is 5.26 Å². The Morgan fingerprint density at radius 3 is 2.93 bits per heavy atom. The van der Waals surface area contributed by atoms with E-state index in [2.05, 4.69) is 5.40 Å². The number of phenols is 1. The molecule has 74 valence electrons. The number of hydrogen-bond donors (Lipinski definition) is 1. The Labute approximate surface area is 88.6 Å². The summed E-state index contributed by atoms with van der Waals surface area (Å²) in [6, 6.07) is 5.65. The molecule has 0 saturated heterocycles. The molecule has 0 saturated carbocycles. The lowest BCUT2D eigenvalue weighted by molar-refractivity contribution is 0.471. The highest BCUT2D eigenvalue weighted by molar-refractivity contribution is 8.03. The third kappa shape index (κ3) is 3.31. The number of thioether (sulfide) groups is 1. The zero-order valence-electron chi connectivity index (χ0n) is 8.16. The standard InChI is InChI=1S/C11H13NOS/c1-9-7-10(4-5-11(9)13)3-2-6-14-8-12/h4-5,7,13H,2-3,6H2,1H3. The van der Waals surface area contributed by atoms with Crippen molar-refractivity contribution in [1.29, 1.82) is 5.26 Å². The average Bonchev–Trinajstić information content (AvgIpc) is 2.18. The molecule has 0 amide bonds. The van der Waals surface area contributed by atoms with E-state index in [1.807, 2.05) is 19.1 Å². The molecular formula is C11H13NOS. The number of nitrogens with zero attached hydrogens (tertiary/aromatic N) is 1. The Morgan fingerprint density at radius 2 is 2.29 bits per heavy atom. The molecule has 14 heavy (non-hydrogen) atoms. The highest BCUT2D eigenvalue weighted by Crippen LogP contribution is 2.18. The van der Waals surface area contributed by atoms with Crippen molar-refractivity contribution in [3.63, 3.8) is 0 Å². The molecule has 1 N–H and O–H groups in total. The molecule has 0 aromatic heterocycles. The summed E-state index contributed by atoms with van der Waals surface area (Å²) in [6.07, 6.45) is 1.97. The molecule has 0 bridgehead atoms. The van der Waals surface area contributed by atoms with E-state index in [0.29, 0.717) is 5.75 Å². The number of hydrogen-bond acceptors (Lipinski definition) is 3. The summed E-state index contributed by atoms with van der Waals surface area (Å²) in [4.78, 5) is 0. The summed E-state index contributed by atoms with van der Waals surface area (Å²) >= 11 is 1.29. The summed E-state index contributed by atoms with van der Waals surface area (Å²) in [5.74, 6) is 1.22. The van der Waals surface area contributed by atoms with Crippen molar-refractivity contribution in [2.75, 3.05) is 5.75 Å². The Kier molecular flexibility index (Phi) is 4.34. The minimum absolute atomic E-state index is 0.347. The van der Waals surface area contributed by atoms with Crippen LogP contribution >= 0.6 is 11.8 Å². The molecule has 0 aliphatic rings. The van der Waals surface area contributed by atoms with Crippen LogP contribution in [0.3, 0.4) is 0 Å². The van der Waals surface area contributed by atoms with Gasteiger partial charge in [-0.05, 0) is 48.7 Å². The van der Waals surface area contributed by atoms with Gasteiger partial charge in [-0.25, -0.2) is 0 Å². The molecule has 0 radical (unpaired) electrons. The van der Waals surface area contributed by atoms with Gasteiger partial charge in [0.2, 0.25) is 0 Å². The van der Waals surface area contributed by atoms with E-state index in [9.17, 15) is 5.11 Å². The van der Waals surface area contributed by atoms with E-state index in [-0.39, 0.29) is 0 Å². The third-order valence-corrected chi connectivity index (χ3v) is 2.66. The summed E-state index contributed by atoms with van der Waals surface area (Å²) < 4.78 is 0. The number of aromatic hydroxyl groups is 1. The second-order valence-electron chi connectivity index (χ2n) is 3.16. The molecular weight excluding hydrogens is 194 g/mol. The van der Waals surface area contributed by atoms with Crippen molar-refractivity contribution >= 4 is 11.8 Å². The lowest BCUT2D eigenvalue weighted by Gasteiger charge is -2.03. The molecule has 0 atom stereocenters. The van der Waals surface area contributed by atoms with Gasteiger partial charge in [0.25, 0.3) is 0 Å². The predicted molar refractivity (Wildman–Crippen MR) is 59.2 cm³/mol. The maximum atomic E-state index is 9.31. The zero-order valence-corrected chi connectivity index (χ0v) is 8.97. The van der Waals surface area contributed by atoms with Crippen LogP contribution < -0.4 is 0 Å². The van der Waals surface area contributed by atoms with Gasteiger partial charge in [0.15, 0.2) is 0 Å². The molecule has 3 heteroatoms. The highest BCUT2D eigenvalue weighted by atomic mass is 32.2. The summed E-state index contributed by atoms with van der Waals surface area (Å²) in [5, 5.41) is 19.7. The van der Waals surface area contributed by atoms with Gasteiger partial charge in [0.05, 0.1) is 0 Å². The average molecular weight is 207 g/mol. The van der Waals surface area contributed by atoms with Gasteiger partial charge < -0.3 is 5.11 Å². The van der Waals surface area contributed by atoms with Gasteiger partial charge in [-0.15, -0.1) is 0 Å². The van der Waals surface area contributed by atoms with Crippen molar-refractivity contribution in [1.82, 2.24) is 0 Å². The van der Waals surface area contributed by atoms with Crippen LogP contribution in [0.1, 0.15) is 17.5 Å². The molecule has 1 aromatic carbocycles. The Hall–Kier alpha value is -1.14. The monoisotopic (exact) mass is 207 g/mol. The smallest absolute Gasteiger partial charge is 0.133 e. The molecule has 0 spiro atoms. The summed E-state index contributed by atoms with van der Waals surface area (Å²) in [6.45, 7) is 1.89. The maximum absolute atomic E-state index is 9.31. The van der Waals surface area contributed by atoms with Crippen molar-refractivity contribution in [3.8, 4) is 11.2 Å². The Balaban J connectivity index is 2.44. The second kappa shape index (κ2) is 5.56. The predicted octanol–water partition coefficient (Wildman–Crippen LogP) is 2.85. The van der Waals surface area contributed by atoms with E-state index in [4.69, 9.17) is 5.26 Å². The lowest BCUT2D eigenvalue weighted by atomic mass is 10.1. The van der Waals surface area contributed by atoms with Crippen LogP contribution in [0.25, 0.3) is 0 Å². The fraction of sp³-hybridized carbons (Fsp3) is 0.364. The Morgan fingerprint density at radius 1 is 1.50 bits per heavy atom. The van der Waals surface area contributed by atoms with E-state index in [0.717, 1.165) is 24.2 Å². The van der Waals surface area contributed by atoms with Gasteiger partial charge in [0.1, 0.15) is 11.2 Å². The number of phenolic OH excluding ortho intramolecular Hbond substituents is 1. The molecule has 0 aliphatic heterocycles. The minimum Gasteiger partial charge on any atom is -0.508 e. The van der Waals surface area contributed by atoms with Crippen LogP contribution in [0.4, 0.5) is 0 Å². The molecule has 0 unspecified atom stereocenters. The molecule has 0 heterocycles. The van der Waals surface area contributed by atoms with Crippen LogP contribution in [0.15, 0.2) is 18.2 Å². The number of benzene rings is 1. The first-order valence-corrected chi connectivity index (χ1v) is 5.52. The largest absolute Gasteiger partial charge is 0.508 e. The number of aryl methyl sites for hydroxylation is 2. The van der Waals surface area contributed by atoms with Gasteiger partial charge >= 0.3 is 0 Å². The number of rotatable bonds is 4. The normalized spacial score (nSPS) is 9.71. The van der Waals surface area contributed by atoms with Gasteiger partial charge in [0, 0.05) is 5.75 Å². The van der Waals surface area contributed by atoms with Crippen molar-refractivity contribution in [2.45, 2.75) is 19.8 Å². The zero-order chi connectivity index (χ0) is 10.4. The van der Waals surface area contributed by atoms with E-state index < -0.39 is 0 Å². The number of thiocyanates is 1. The fourth-order valence-corrected chi connectivity index (χ4v) is 1.65. The summed E-state index contributed by atoms with van der Waals surface area (Å²) in [5.41, 5.74) is 2.13. The quantitative estimate of drug-likeness (QED) is 0.610. The SMILES string of the molecule is Cc1cc(CCCSC#N)ccc1O. The molecule has 1 aromatic rings. The topological polar surface area (TPSA) is 44.0 Å². The second-order valence-corrected chi connectivity index (χ2v) is 4.04. The van der Waals surface area contributed by atoms with Gasteiger partial charge in [-0.1, -0.05) is 12.1 Å². The highest BCUT2D eigenvalue weighted by Gasteiger charge is 1.98. The van der Waals surface area contributed by atoms with Crippen LogP contribution in [0, 0.1) is 17.6 Å². The first kappa shape index (κ1) is 10.9. The first-order valence-electron chi connectivity index (χ1n) is 4.53. The molecule has 0 aliphatic carbocycles. The van der Waals surface area contributed by atoms with Crippen molar-refractivity contribution in [2.24, 2.45) is 0 Å². The van der Waals surface area contributed by atoms with Crippen LogP contribution in [0.2, 0.25) is 0 Å². The van der Waals surface area contributed by atoms with Crippen LogP contribution in [-0.2, 0) is 6.42 Å². The van der Waals surface area contributed by atoms with Crippen LogP contribution in [0.5, 0.6) is 5.75 Å². The first-order chi connectivity index (χ1) is 6.74. The van der Waals surface area contributed by atoms with E-state index in [1.165, 1.54) is 17.3 Å². The Bertz CT molecular complexity index is 344. The molecule has 2 nitrogen and oxygen atoms in total. The molecule has 1 rings (SSSR count). The maximum Gasteiger partial charge on any atom is 0.133 e. The van der Waals surface area contributed by atoms with E-state index in [1.54, 1.807) is 6.07 Å². The third-order valence-electron chi connectivity index (χ3n) is 2.04. The fourth-order valence-electron chi connectivity index (χ4n) is 1.27. The number of nitriles is 1. The lowest BCUT2D eigenvalue weighted by Crippen LogP contribution is -1.88. The van der Waals surface area contributed by atoms with Crippen molar-refractivity contribution < 1.29 is 5.11 Å². The molecule has 0 fully saturated rings. The summed E-state index contributed by atoms with van der Waals surface area (Å²) in [7, 11) is 0. The van der Waals surface area contributed by atoms with Crippen molar-refractivity contribution in [3.05, 3.63) is 29.3 Å². The minimum atomic E-state index is 0.347.